The average Bonchev–Trinajstić information content (AvgIpc) is 3.16. The van der Waals surface area contributed by atoms with Crippen molar-refractivity contribution in [3.8, 4) is 0 Å². The summed E-state index contributed by atoms with van der Waals surface area (Å²) in [5.41, 5.74) is 2.25. The molecule has 8 nitrogen and oxygen atoms in total. The summed E-state index contributed by atoms with van der Waals surface area (Å²) in [5.74, 6) is 2.70. The highest BCUT2D eigenvalue weighted by Gasteiger charge is 2.29. The van der Waals surface area contributed by atoms with Gasteiger partial charge >= 0.3 is 0 Å². The number of ether oxygens (including phenoxy) is 2. The summed E-state index contributed by atoms with van der Waals surface area (Å²) in [5, 5.41) is 0. The minimum atomic E-state index is 0.0292. The fourth-order valence-corrected chi connectivity index (χ4v) is 5.34. The Balaban J connectivity index is 0.00000205. The Labute approximate surface area is 236 Å². The maximum Gasteiger partial charge on any atom is 0.260 e. The summed E-state index contributed by atoms with van der Waals surface area (Å²) in [4.78, 5) is 29.5. The van der Waals surface area contributed by atoms with Crippen molar-refractivity contribution in [3.05, 3.63) is 41.1 Å². The summed E-state index contributed by atoms with van der Waals surface area (Å²) < 4.78 is 11.6. The predicted molar refractivity (Wildman–Crippen MR) is 158 cm³/mol. The molecular weight excluding hydrogens is 490 g/mol. The van der Waals surface area contributed by atoms with Gasteiger partial charge in [0.15, 0.2) is 6.61 Å². The van der Waals surface area contributed by atoms with Gasteiger partial charge in [-0.2, -0.15) is 0 Å². The monoisotopic (exact) mass is 541 g/mol. The van der Waals surface area contributed by atoms with E-state index in [2.05, 4.69) is 22.8 Å². The Kier molecular flexibility index (Phi) is 13.1. The minimum absolute atomic E-state index is 0.0292. The molecule has 218 valence electrons. The van der Waals surface area contributed by atoms with E-state index in [9.17, 15) is 4.79 Å². The van der Waals surface area contributed by atoms with Crippen molar-refractivity contribution in [1.82, 2.24) is 19.8 Å². The zero-order valence-corrected chi connectivity index (χ0v) is 25.1. The molecule has 0 bridgehead atoms. The lowest BCUT2D eigenvalue weighted by atomic mass is 9.91. The van der Waals surface area contributed by atoms with Crippen molar-refractivity contribution in [3.63, 3.8) is 0 Å². The molecule has 1 aromatic heterocycles. The quantitative estimate of drug-likeness (QED) is 0.360. The summed E-state index contributed by atoms with van der Waals surface area (Å²) in [6.07, 6.45) is 14.1. The minimum Gasteiger partial charge on any atom is -0.499 e. The highest BCUT2D eigenvalue weighted by molar-refractivity contribution is 5.77. The van der Waals surface area contributed by atoms with Crippen LogP contribution in [-0.4, -0.2) is 84.2 Å². The Morgan fingerprint density at radius 3 is 2.36 bits per heavy atom. The van der Waals surface area contributed by atoms with Crippen LogP contribution < -0.4 is 4.90 Å². The third-order valence-electron chi connectivity index (χ3n) is 7.83. The van der Waals surface area contributed by atoms with Gasteiger partial charge in [-0.05, 0) is 57.2 Å². The molecule has 1 aromatic rings. The number of nitrogens with zero attached hydrogens (tertiary/aromatic N) is 5. The lowest BCUT2D eigenvalue weighted by Crippen LogP contribution is -2.52. The van der Waals surface area contributed by atoms with E-state index in [1.54, 1.807) is 0 Å². The van der Waals surface area contributed by atoms with Gasteiger partial charge in [0.1, 0.15) is 0 Å². The van der Waals surface area contributed by atoms with Crippen LogP contribution in [0.5, 0.6) is 0 Å². The number of carbonyl (C=O) groups excluding carboxylic acids is 1. The standard InChI is InChI=1S/C29H45N5O3.C2H6/c1-4-8-26(36-6-3)12-11-25(5-2)37-22-28(35)33-15-13-23-21-30-29(31-27(23)14-16-33)34-19-17-32(18-20-34)24-9-7-10-24;1-2/h5,8,21,24H,4,6-7,9-20,22H2,1-3H3;1-2H3/b25-5+,26-8+;. The lowest BCUT2D eigenvalue weighted by Gasteiger charge is -2.43. The zero-order chi connectivity index (χ0) is 28.0. The third-order valence-corrected chi connectivity index (χ3v) is 7.83. The fraction of sp³-hybridized carbons (Fsp3) is 0.710. The fourth-order valence-electron chi connectivity index (χ4n) is 5.34. The number of hydrogen-bond donors (Lipinski definition) is 0. The summed E-state index contributed by atoms with van der Waals surface area (Å²) in [7, 11) is 0. The van der Waals surface area contributed by atoms with Crippen LogP contribution in [-0.2, 0) is 27.1 Å². The van der Waals surface area contributed by atoms with E-state index >= 15 is 0 Å². The molecule has 0 N–H and O–H groups in total. The Bertz CT molecular complexity index is 952. The van der Waals surface area contributed by atoms with Crippen LogP contribution in [0.3, 0.4) is 0 Å². The smallest absolute Gasteiger partial charge is 0.260 e. The van der Waals surface area contributed by atoms with E-state index < -0.39 is 0 Å². The van der Waals surface area contributed by atoms with E-state index in [1.165, 1.54) is 19.3 Å². The van der Waals surface area contributed by atoms with E-state index in [1.807, 2.05) is 44.9 Å². The maximum absolute atomic E-state index is 13.0. The van der Waals surface area contributed by atoms with Crippen LogP contribution in [0.4, 0.5) is 5.95 Å². The molecule has 0 unspecified atom stereocenters. The van der Waals surface area contributed by atoms with E-state index in [4.69, 9.17) is 19.4 Å². The molecule has 4 rings (SSSR count). The number of rotatable bonds is 11. The van der Waals surface area contributed by atoms with Crippen molar-refractivity contribution < 1.29 is 14.3 Å². The largest absolute Gasteiger partial charge is 0.499 e. The molecule has 1 saturated carbocycles. The van der Waals surface area contributed by atoms with Crippen molar-refractivity contribution in [2.24, 2.45) is 0 Å². The Hall–Kier alpha value is -2.61. The Morgan fingerprint density at radius 2 is 1.72 bits per heavy atom. The zero-order valence-electron chi connectivity index (χ0n) is 25.1. The molecule has 39 heavy (non-hydrogen) atoms. The van der Waals surface area contributed by atoms with Gasteiger partial charge in [0.2, 0.25) is 5.95 Å². The van der Waals surface area contributed by atoms with Gasteiger partial charge in [0, 0.05) is 70.8 Å². The van der Waals surface area contributed by atoms with Gasteiger partial charge in [-0.1, -0.05) is 27.2 Å². The molecule has 2 aliphatic heterocycles. The van der Waals surface area contributed by atoms with Crippen LogP contribution in [0.1, 0.15) is 84.4 Å². The number of allylic oxidation sites excluding steroid dienone is 4. The lowest BCUT2D eigenvalue weighted by molar-refractivity contribution is -0.134. The molecule has 1 saturated heterocycles. The molecule has 0 spiro atoms. The van der Waals surface area contributed by atoms with E-state index in [0.717, 1.165) is 93.0 Å². The molecule has 2 fully saturated rings. The third kappa shape index (κ3) is 8.95. The molecule has 0 aromatic carbocycles. The molecule has 0 atom stereocenters. The molecular formula is C31H51N5O3. The van der Waals surface area contributed by atoms with Gasteiger partial charge in [0.25, 0.3) is 5.91 Å². The van der Waals surface area contributed by atoms with Crippen LogP contribution in [0.15, 0.2) is 29.9 Å². The number of fused-ring (bicyclic) bond motifs is 1. The molecule has 8 heteroatoms. The van der Waals surface area contributed by atoms with Crippen LogP contribution in [0, 0.1) is 0 Å². The highest BCUT2D eigenvalue weighted by Crippen LogP contribution is 2.26. The van der Waals surface area contributed by atoms with Gasteiger partial charge in [-0.25, -0.2) is 9.97 Å². The van der Waals surface area contributed by atoms with Crippen LogP contribution in [0.2, 0.25) is 0 Å². The number of hydrogen-bond acceptors (Lipinski definition) is 7. The van der Waals surface area contributed by atoms with Gasteiger partial charge < -0.3 is 19.3 Å². The first-order valence-corrected chi connectivity index (χ1v) is 15.3. The number of amides is 1. The van der Waals surface area contributed by atoms with Crippen molar-refractivity contribution in [1.29, 1.82) is 0 Å². The first kappa shape index (κ1) is 30.9. The normalized spacial score (nSPS) is 18.9. The molecule has 0 radical (unpaired) electrons. The number of carbonyl (C=O) groups is 1. The van der Waals surface area contributed by atoms with Crippen molar-refractivity contribution >= 4 is 11.9 Å². The first-order valence-electron chi connectivity index (χ1n) is 15.3. The highest BCUT2D eigenvalue weighted by atomic mass is 16.5. The van der Waals surface area contributed by atoms with Gasteiger partial charge in [-0.3, -0.25) is 9.69 Å². The summed E-state index contributed by atoms with van der Waals surface area (Å²) >= 11 is 0. The van der Waals surface area contributed by atoms with Crippen LogP contribution in [0.25, 0.3) is 0 Å². The molecule has 1 amide bonds. The number of anilines is 1. The van der Waals surface area contributed by atoms with Gasteiger partial charge in [0.05, 0.1) is 23.8 Å². The average molecular weight is 542 g/mol. The van der Waals surface area contributed by atoms with E-state index in [0.29, 0.717) is 19.7 Å². The molecule has 3 heterocycles. The SMILES string of the molecule is C/C=C(\CC/C(=C\CC)OCC)OCC(=O)N1CCc2cnc(N3CCN(C4CCC4)CC3)nc2CC1.CC. The number of piperazine rings is 1. The molecule has 3 aliphatic rings. The van der Waals surface area contributed by atoms with Crippen LogP contribution >= 0.6 is 0 Å². The Morgan fingerprint density at radius 1 is 1.00 bits per heavy atom. The topological polar surface area (TPSA) is 71.0 Å². The van der Waals surface area contributed by atoms with Crippen molar-refractivity contribution in [2.45, 2.75) is 92.0 Å². The summed E-state index contributed by atoms with van der Waals surface area (Å²) in [6.45, 7) is 16.3. The second kappa shape index (κ2) is 16.5. The number of aromatic nitrogens is 2. The maximum atomic E-state index is 13.0. The first-order chi connectivity index (χ1) is 19.1. The summed E-state index contributed by atoms with van der Waals surface area (Å²) in [6, 6.07) is 0.803. The van der Waals surface area contributed by atoms with E-state index in [-0.39, 0.29) is 12.5 Å². The molecule has 1 aliphatic carbocycles. The predicted octanol–water partition coefficient (Wildman–Crippen LogP) is 5.14. The second-order valence-corrected chi connectivity index (χ2v) is 10.2. The van der Waals surface area contributed by atoms with Crippen molar-refractivity contribution in [2.75, 3.05) is 57.4 Å². The van der Waals surface area contributed by atoms with Gasteiger partial charge in [-0.15, -0.1) is 0 Å². The second-order valence-electron chi connectivity index (χ2n) is 10.2.